The molecular weight excluding hydrogens is 500 g/mol. The molecule has 3 aromatic rings. The number of carboxylic acid groups (broad SMARTS) is 1. The van der Waals surface area contributed by atoms with Gasteiger partial charge < -0.3 is 30.3 Å². The first kappa shape index (κ1) is 25.9. The van der Waals surface area contributed by atoms with Crippen LogP contribution < -0.4 is 15.3 Å². The monoisotopic (exact) mass is 525 g/mol. The van der Waals surface area contributed by atoms with Crippen molar-refractivity contribution in [1.82, 2.24) is 19.7 Å². The number of aliphatic hydroxyl groups excluding tert-OH is 2. The van der Waals surface area contributed by atoms with Crippen LogP contribution in [0.1, 0.15) is 18.7 Å². The van der Waals surface area contributed by atoms with Gasteiger partial charge in [0.1, 0.15) is 54.2 Å². The fourth-order valence-electron chi connectivity index (χ4n) is 3.76. The van der Waals surface area contributed by atoms with Crippen molar-refractivity contribution < 1.29 is 42.9 Å². The number of nitrogen functional groups attached to an aromatic ring is 1. The number of para-hydroxylation sites is 1. The van der Waals surface area contributed by atoms with Crippen molar-refractivity contribution in [2.24, 2.45) is 0 Å². The number of halogens is 1. The molecule has 0 radical (unpaired) electrons. The van der Waals surface area contributed by atoms with Crippen LogP contribution in [0.15, 0.2) is 48.8 Å². The van der Waals surface area contributed by atoms with Gasteiger partial charge in [0, 0.05) is 0 Å². The minimum Gasteiger partial charge on any atom is -0.480 e. The van der Waals surface area contributed by atoms with Gasteiger partial charge in [-0.25, -0.2) is 18.5 Å². The Balaban J connectivity index is 1.60. The molecule has 1 aliphatic rings. The number of rotatable bonds is 10. The summed E-state index contributed by atoms with van der Waals surface area (Å²) in [5, 5.41) is 37.0. The van der Waals surface area contributed by atoms with Crippen LogP contribution in [0.5, 0.6) is 5.75 Å². The topological polar surface area (TPSA) is 191 Å². The number of carboxylic acids is 1. The number of fused-ring (bicyclic) bond motifs is 1. The molecule has 0 amide bonds. The largest absolute Gasteiger partial charge is 0.480 e. The molecule has 1 unspecified atom stereocenters. The first-order valence-electron chi connectivity index (χ1n) is 10.8. The second-order valence-electron chi connectivity index (χ2n) is 8.24. The van der Waals surface area contributed by atoms with Crippen molar-refractivity contribution in [3.8, 4) is 5.75 Å². The Morgan fingerprint density at radius 3 is 2.72 bits per heavy atom. The van der Waals surface area contributed by atoms with E-state index in [9.17, 15) is 29.1 Å². The smallest absolute Gasteiger partial charge is 0.459 e. The van der Waals surface area contributed by atoms with Gasteiger partial charge in [0.05, 0.1) is 12.3 Å². The van der Waals surface area contributed by atoms with E-state index in [-0.39, 0.29) is 17.3 Å². The van der Waals surface area contributed by atoms with Gasteiger partial charge in [0.25, 0.3) is 0 Å². The Morgan fingerprint density at radius 1 is 1.33 bits per heavy atom. The normalized spacial score (nSPS) is 26.5. The van der Waals surface area contributed by atoms with Gasteiger partial charge in [-0.1, -0.05) is 18.2 Å². The Hall–Kier alpha value is -3.13. The summed E-state index contributed by atoms with van der Waals surface area (Å²) in [5.74, 6) is -1.10. The van der Waals surface area contributed by atoms with Crippen molar-refractivity contribution in [3.63, 3.8) is 0 Å². The standard InChI is InChI=1S/C21H25FN5O8P/c1-12(20(30)31)26-36(32,35-13-5-3-2-4-6-13)33-10-21(9-22)18(29)16(28)17(34-21)14-7-8-15-19(23)24-11-25-27(14)15/h2-8,11-12,16-18,28-29H,9-10H2,1H3,(H,26,32)(H,30,31)(H2,23,24,25)/t12?,16-,17-,18-,21+,36-/m0/s1. The van der Waals surface area contributed by atoms with E-state index in [0.717, 1.165) is 0 Å². The van der Waals surface area contributed by atoms with E-state index in [4.69, 9.17) is 19.5 Å². The Kier molecular flexibility index (Phi) is 7.27. The molecular formula is C21H25FN5O8P. The van der Waals surface area contributed by atoms with Gasteiger partial charge in [0.15, 0.2) is 5.82 Å². The van der Waals surface area contributed by atoms with E-state index >= 15 is 0 Å². The molecule has 1 aromatic carbocycles. The number of aliphatic hydroxyl groups is 2. The van der Waals surface area contributed by atoms with Crippen LogP contribution >= 0.6 is 7.75 Å². The summed E-state index contributed by atoms with van der Waals surface area (Å²) in [5.41, 5.74) is 4.32. The molecule has 3 heterocycles. The summed E-state index contributed by atoms with van der Waals surface area (Å²) >= 11 is 0. The van der Waals surface area contributed by atoms with Crippen molar-refractivity contribution in [3.05, 3.63) is 54.5 Å². The SMILES string of the molecule is CC(N[P@](=O)(OC[C@@]1(CF)O[C@@H](c2ccc3c(N)ncnn23)[C@H](O)[C@@H]1O)Oc1ccccc1)C(=O)O. The van der Waals surface area contributed by atoms with E-state index in [1.165, 1.54) is 36.0 Å². The lowest BCUT2D eigenvalue weighted by Crippen LogP contribution is -2.49. The number of nitrogens with zero attached hydrogens (tertiary/aromatic N) is 3. The number of hydrogen-bond donors (Lipinski definition) is 5. The van der Waals surface area contributed by atoms with Gasteiger partial charge in [-0.2, -0.15) is 10.2 Å². The van der Waals surface area contributed by atoms with Crippen LogP contribution in [-0.4, -0.2) is 73.0 Å². The zero-order chi connectivity index (χ0) is 26.1. The maximum Gasteiger partial charge on any atom is 0.459 e. The highest BCUT2D eigenvalue weighted by atomic mass is 31.2. The number of benzene rings is 1. The predicted octanol–water partition coefficient (Wildman–Crippen LogP) is 1.08. The molecule has 6 N–H and O–H groups in total. The highest BCUT2D eigenvalue weighted by Gasteiger charge is 2.57. The molecule has 1 aliphatic heterocycles. The van der Waals surface area contributed by atoms with E-state index in [1.54, 1.807) is 24.3 Å². The number of nitrogens with one attached hydrogen (secondary N) is 1. The van der Waals surface area contributed by atoms with Gasteiger partial charge >= 0.3 is 13.7 Å². The second kappa shape index (κ2) is 10.1. The van der Waals surface area contributed by atoms with Crippen molar-refractivity contribution >= 4 is 25.1 Å². The first-order valence-corrected chi connectivity index (χ1v) is 12.3. The molecule has 4 rings (SSSR count). The lowest BCUT2D eigenvalue weighted by molar-refractivity contribution is -0.138. The van der Waals surface area contributed by atoms with Gasteiger partial charge in [-0.3, -0.25) is 9.32 Å². The predicted molar refractivity (Wildman–Crippen MR) is 123 cm³/mol. The van der Waals surface area contributed by atoms with E-state index in [2.05, 4.69) is 15.2 Å². The maximum absolute atomic E-state index is 14.4. The van der Waals surface area contributed by atoms with Crippen molar-refractivity contribution in [1.29, 1.82) is 0 Å². The quantitative estimate of drug-likeness (QED) is 0.237. The Morgan fingerprint density at radius 2 is 2.06 bits per heavy atom. The number of carbonyl (C=O) groups is 1. The number of anilines is 1. The molecule has 1 saturated heterocycles. The zero-order valence-electron chi connectivity index (χ0n) is 19.0. The van der Waals surface area contributed by atoms with Gasteiger partial charge in [-0.05, 0) is 31.2 Å². The zero-order valence-corrected chi connectivity index (χ0v) is 19.9. The summed E-state index contributed by atoms with van der Waals surface area (Å²) in [6.45, 7) is -0.992. The van der Waals surface area contributed by atoms with Gasteiger partial charge in [-0.15, -0.1) is 0 Å². The molecule has 0 aliphatic carbocycles. The van der Waals surface area contributed by atoms with E-state index in [0.29, 0.717) is 5.52 Å². The lowest BCUT2D eigenvalue weighted by Gasteiger charge is -2.31. The first-order chi connectivity index (χ1) is 17.1. The summed E-state index contributed by atoms with van der Waals surface area (Å²) in [6.07, 6.45) is -3.53. The average Bonchev–Trinajstić information content (AvgIpc) is 3.39. The van der Waals surface area contributed by atoms with E-state index in [1.807, 2.05) is 0 Å². The maximum atomic E-state index is 14.4. The molecule has 1 fully saturated rings. The number of aromatic nitrogens is 3. The minimum absolute atomic E-state index is 0.0861. The average molecular weight is 525 g/mol. The lowest BCUT2D eigenvalue weighted by atomic mass is 9.96. The summed E-state index contributed by atoms with van der Waals surface area (Å²) in [4.78, 5) is 15.2. The number of ether oxygens (including phenoxy) is 1. The van der Waals surface area contributed by atoms with Crippen LogP contribution in [-0.2, 0) is 18.6 Å². The van der Waals surface area contributed by atoms with Crippen molar-refractivity contribution in [2.45, 2.75) is 36.9 Å². The third kappa shape index (κ3) is 4.91. The van der Waals surface area contributed by atoms with Crippen LogP contribution in [0, 0.1) is 0 Å². The second-order valence-corrected chi connectivity index (χ2v) is 9.93. The fourth-order valence-corrected chi connectivity index (χ4v) is 5.31. The Bertz CT molecular complexity index is 1280. The molecule has 15 heteroatoms. The number of aliphatic carboxylic acids is 1. The van der Waals surface area contributed by atoms with Gasteiger partial charge in [0.2, 0.25) is 0 Å². The number of nitrogens with two attached hydrogens (primary N) is 1. The molecule has 0 saturated carbocycles. The third-order valence-corrected chi connectivity index (χ3v) is 7.36. The number of hydrogen-bond acceptors (Lipinski definition) is 10. The number of alkyl halides is 1. The third-order valence-electron chi connectivity index (χ3n) is 5.73. The fraction of sp³-hybridized carbons (Fsp3) is 0.381. The van der Waals surface area contributed by atoms with Crippen LogP contribution in [0.4, 0.5) is 10.2 Å². The molecule has 2 aromatic heterocycles. The van der Waals surface area contributed by atoms with Crippen LogP contribution in [0.2, 0.25) is 0 Å². The molecule has 0 bridgehead atoms. The minimum atomic E-state index is -4.44. The highest BCUT2D eigenvalue weighted by Crippen LogP contribution is 2.48. The van der Waals surface area contributed by atoms with Crippen molar-refractivity contribution in [2.75, 3.05) is 19.0 Å². The summed E-state index contributed by atoms with van der Waals surface area (Å²) in [7, 11) is -4.44. The van der Waals surface area contributed by atoms with Crippen LogP contribution in [0.25, 0.3) is 5.52 Å². The highest BCUT2D eigenvalue weighted by molar-refractivity contribution is 7.52. The Labute approximate surface area is 204 Å². The van der Waals surface area contributed by atoms with Crippen LogP contribution in [0.3, 0.4) is 0 Å². The molecule has 6 atom stereocenters. The molecule has 0 spiro atoms. The molecule has 13 nitrogen and oxygen atoms in total. The summed E-state index contributed by atoms with van der Waals surface area (Å²) < 4.78 is 45.7. The van der Waals surface area contributed by atoms with E-state index < -0.39 is 57.0 Å². The molecule has 194 valence electrons. The summed E-state index contributed by atoms with van der Waals surface area (Å²) in [6, 6.07) is 9.50. The molecule has 36 heavy (non-hydrogen) atoms.